The molecule has 0 saturated carbocycles. The van der Waals surface area contributed by atoms with E-state index in [0.29, 0.717) is 11.1 Å². The second-order valence-electron chi connectivity index (χ2n) is 4.13. The van der Waals surface area contributed by atoms with E-state index in [4.69, 9.17) is 4.74 Å². The van der Waals surface area contributed by atoms with E-state index in [9.17, 15) is 9.59 Å². The van der Waals surface area contributed by atoms with Gasteiger partial charge in [0.25, 0.3) is 0 Å². The predicted octanol–water partition coefficient (Wildman–Crippen LogP) is 3.07. The van der Waals surface area contributed by atoms with Gasteiger partial charge in [-0.2, -0.15) is 0 Å². The molecule has 0 heterocycles. The molecule has 2 aromatic rings. The molecule has 2 rings (SSSR count). The number of rotatable bonds is 5. The zero-order chi connectivity index (χ0) is 13.7. The van der Waals surface area contributed by atoms with Crippen LogP contribution < -0.4 is 0 Å². The Hall–Kier alpha value is -2.26. The lowest BCUT2D eigenvalue weighted by molar-refractivity contribution is 0.0604. The molecule has 0 N–H and O–H groups in total. The molecule has 0 bridgehead atoms. The van der Waals surface area contributed by atoms with Crippen LogP contribution in [0.25, 0.3) is 0 Å². The van der Waals surface area contributed by atoms with E-state index in [2.05, 4.69) is 0 Å². The van der Waals surface area contributed by atoms with Crippen molar-refractivity contribution in [2.75, 3.05) is 7.11 Å². The summed E-state index contributed by atoms with van der Waals surface area (Å²) in [5.41, 5.74) is 1.92. The maximum absolute atomic E-state index is 12.3. The first-order valence-electron chi connectivity index (χ1n) is 5.93. The Morgan fingerprint density at radius 2 is 1.68 bits per heavy atom. The highest BCUT2D eigenvalue weighted by Gasteiger charge is 2.21. The van der Waals surface area contributed by atoms with E-state index >= 15 is 0 Å². The van der Waals surface area contributed by atoms with Crippen LogP contribution in [-0.4, -0.2) is 19.2 Å². The average molecular weight is 254 g/mol. The first kappa shape index (κ1) is 13.2. The fraction of sp³-hybridized carbons (Fsp3) is 0.125. The zero-order valence-corrected chi connectivity index (χ0v) is 10.6. The van der Waals surface area contributed by atoms with E-state index in [1.54, 1.807) is 36.4 Å². The molecule has 3 heteroatoms. The number of carbonyl (C=O) groups is 2. The van der Waals surface area contributed by atoms with Crippen molar-refractivity contribution < 1.29 is 14.3 Å². The first-order valence-corrected chi connectivity index (χ1v) is 5.93. The Morgan fingerprint density at radius 1 is 1.05 bits per heavy atom. The lowest BCUT2D eigenvalue weighted by Gasteiger charge is -2.14. The number of hydrogen-bond acceptors (Lipinski definition) is 3. The number of Topliss-reactive ketones (excluding diaryl/α,β-unsaturated/α-hetero) is 1. The third-order valence-electron chi connectivity index (χ3n) is 2.91. The molecule has 0 aliphatic rings. The minimum atomic E-state index is -0.650. The SMILES string of the molecule is COC(C(=O)c1ccccc1)c1ccc(C=O)cc1. The molecule has 0 aliphatic carbocycles. The molecule has 19 heavy (non-hydrogen) atoms. The minimum absolute atomic E-state index is 0.0954. The highest BCUT2D eigenvalue weighted by atomic mass is 16.5. The average Bonchev–Trinajstić information content (AvgIpc) is 2.49. The summed E-state index contributed by atoms with van der Waals surface area (Å²) in [6.07, 6.45) is 0.119. The highest BCUT2D eigenvalue weighted by Crippen LogP contribution is 2.22. The smallest absolute Gasteiger partial charge is 0.196 e. The van der Waals surface area contributed by atoms with Crippen molar-refractivity contribution in [3.05, 3.63) is 71.3 Å². The van der Waals surface area contributed by atoms with Crippen LogP contribution in [0.5, 0.6) is 0 Å². The summed E-state index contributed by atoms with van der Waals surface area (Å²) in [4.78, 5) is 23.0. The van der Waals surface area contributed by atoms with E-state index in [1.165, 1.54) is 7.11 Å². The number of ether oxygens (including phenoxy) is 1. The third-order valence-corrected chi connectivity index (χ3v) is 2.91. The van der Waals surface area contributed by atoms with Gasteiger partial charge in [-0.15, -0.1) is 0 Å². The zero-order valence-electron chi connectivity index (χ0n) is 10.6. The van der Waals surface area contributed by atoms with Crippen molar-refractivity contribution in [1.29, 1.82) is 0 Å². The summed E-state index contributed by atoms with van der Waals surface area (Å²) in [6, 6.07) is 15.8. The second kappa shape index (κ2) is 6.07. The summed E-state index contributed by atoms with van der Waals surface area (Å²) < 4.78 is 5.29. The Balaban J connectivity index is 2.28. The van der Waals surface area contributed by atoms with Crippen LogP contribution >= 0.6 is 0 Å². The van der Waals surface area contributed by atoms with Crippen LogP contribution in [-0.2, 0) is 4.74 Å². The molecule has 2 aromatic carbocycles. The monoisotopic (exact) mass is 254 g/mol. The Bertz CT molecular complexity index is 558. The number of benzene rings is 2. The topological polar surface area (TPSA) is 43.4 Å². The molecular weight excluding hydrogens is 240 g/mol. The van der Waals surface area contributed by atoms with Crippen LogP contribution in [0, 0.1) is 0 Å². The molecule has 0 aromatic heterocycles. The predicted molar refractivity (Wildman–Crippen MR) is 72.4 cm³/mol. The van der Waals surface area contributed by atoms with Crippen molar-refractivity contribution in [2.24, 2.45) is 0 Å². The summed E-state index contributed by atoms with van der Waals surface area (Å²) >= 11 is 0. The molecule has 0 fully saturated rings. The van der Waals surface area contributed by atoms with Crippen molar-refractivity contribution in [2.45, 2.75) is 6.10 Å². The maximum atomic E-state index is 12.3. The van der Waals surface area contributed by atoms with E-state index in [0.717, 1.165) is 11.8 Å². The van der Waals surface area contributed by atoms with Crippen LogP contribution in [0.2, 0.25) is 0 Å². The maximum Gasteiger partial charge on any atom is 0.196 e. The highest BCUT2D eigenvalue weighted by molar-refractivity contribution is 6.00. The van der Waals surface area contributed by atoms with Gasteiger partial charge in [0.2, 0.25) is 0 Å². The molecule has 1 unspecified atom stereocenters. The van der Waals surface area contributed by atoms with Crippen molar-refractivity contribution in [3.63, 3.8) is 0 Å². The molecule has 0 aliphatic heterocycles. The van der Waals surface area contributed by atoms with Crippen molar-refractivity contribution in [3.8, 4) is 0 Å². The number of carbonyl (C=O) groups excluding carboxylic acids is 2. The lowest BCUT2D eigenvalue weighted by Crippen LogP contribution is -2.14. The minimum Gasteiger partial charge on any atom is -0.369 e. The van der Waals surface area contributed by atoms with Crippen LogP contribution in [0.1, 0.15) is 32.4 Å². The van der Waals surface area contributed by atoms with Crippen molar-refractivity contribution in [1.82, 2.24) is 0 Å². The van der Waals surface area contributed by atoms with Gasteiger partial charge in [0.05, 0.1) is 0 Å². The van der Waals surface area contributed by atoms with Gasteiger partial charge in [-0.05, 0) is 5.56 Å². The molecule has 0 radical (unpaired) electrons. The van der Waals surface area contributed by atoms with E-state index in [1.807, 2.05) is 18.2 Å². The van der Waals surface area contributed by atoms with Gasteiger partial charge in [-0.25, -0.2) is 0 Å². The van der Waals surface area contributed by atoms with E-state index < -0.39 is 6.10 Å². The number of ketones is 1. The number of aldehydes is 1. The largest absolute Gasteiger partial charge is 0.369 e. The molecule has 0 amide bonds. The lowest BCUT2D eigenvalue weighted by atomic mass is 9.99. The van der Waals surface area contributed by atoms with Gasteiger partial charge in [0.1, 0.15) is 12.4 Å². The Morgan fingerprint density at radius 3 is 2.21 bits per heavy atom. The summed E-state index contributed by atoms with van der Waals surface area (Å²) in [5.74, 6) is -0.0954. The molecule has 1 atom stereocenters. The van der Waals surface area contributed by atoms with Crippen LogP contribution in [0.3, 0.4) is 0 Å². The quantitative estimate of drug-likeness (QED) is 0.608. The van der Waals surface area contributed by atoms with Gasteiger partial charge in [-0.3, -0.25) is 9.59 Å². The van der Waals surface area contributed by atoms with Gasteiger partial charge in [0, 0.05) is 18.2 Å². The van der Waals surface area contributed by atoms with Crippen molar-refractivity contribution >= 4 is 12.1 Å². The summed E-state index contributed by atoms with van der Waals surface area (Å²) in [6.45, 7) is 0. The Labute approximate surface area is 111 Å². The van der Waals surface area contributed by atoms with Crippen LogP contribution in [0.4, 0.5) is 0 Å². The molecule has 3 nitrogen and oxygen atoms in total. The fourth-order valence-electron chi connectivity index (χ4n) is 1.90. The molecular formula is C16H14O3. The van der Waals surface area contributed by atoms with Gasteiger partial charge < -0.3 is 4.74 Å². The number of methoxy groups -OCH3 is 1. The molecule has 96 valence electrons. The van der Waals surface area contributed by atoms with Crippen LogP contribution in [0.15, 0.2) is 54.6 Å². The summed E-state index contributed by atoms with van der Waals surface area (Å²) in [5, 5.41) is 0. The van der Waals surface area contributed by atoms with E-state index in [-0.39, 0.29) is 5.78 Å². The molecule has 0 saturated heterocycles. The summed E-state index contributed by atoms with van der Waals surface area (Å²) in [7, 11) is 1.50. The standard InChI is InChI=1S/C16H14O3/c1-19-16(14-9-7-12(11-17)8-10-14)15(18)13-5-3-2-4-6-13/h2-11,16H,1H3. The normalized spacial score (nSPS) is 11.8. The Kier molecular flexibility index (Phi) is 4.21. The third kappa shape index (κ3) is 2.95. The van der Waals surface area contributed by atoms with Gasteiger partial charge in [0.15, 0.2) is 5.78 Å². The second-order valence-corrected chi connectivity index (χ2v) is 4.13. The van der Waals surface area contributed by atoms with Gasteiger partial charge >= 0.3 is 0 Å². The number of hydrogen-bond donors (Lipinski definition) is 0. The molecule has 0 spiro atoms. The first-order chi connectivity index (χ1) is 9.26. The van der Waals surface area contributed by atoms with Gasteiger partial charge in [-0.1, -0.05) is 54.6 Å². The fourth-order valence-corrected chi connectivity index (χ4v) is 1.90.